The van der Waals surface area contributed by atoms with E-state index in [0.29, 0.717) is 26.2 Å². The average molecular weight is 294 g/mol. The van der Waals surface area contributed by atoms with Gasteiger partial charge >= 0.3 is 0 Å². The number of rotatable bonds is 9. The Morgan fingerprint density at radius 1 is 1.10 bits per heavy atom. The zero-order chi connectivity index (χ0) is 15.1. The lowest BCUT2D eigenvalue weighted by Gasteiger charge is -2.34. The Hall–Kier alpha value is -1.59. The molecule has 0 aromatic heterocycles. The molecule has 1 fully saturated rings. The molecule has 116 valence electrons. The van der Waals surface area contributed by atoms with E-state index < -0.39 is 6.10 Å². The lowest BCUT2D eigenvalue weighted by molar-refractivity contribution is -0.156. The third kappa shape index (κ3) is 4.44. The molecule has 2 rings (SSSR count). The average Bonchev–Trinajstić information content (AvgIpc) is 2.50. The predicted molar refractivity (Wildman–Crippen MR) is 77.9 cm³/mol. The molecule has 0 aliphatic heterocycles. The van der Waals surface area contributed by atoms with Gasteiger partial charge in [-0.2, -0.15) is 0 Å². The first-order chi connectivity index (χ1) is 10.2. The first kappa shape index (κ1) is 15.8. The molecule has 5 nitrogen and oxygen atoms in total. The first-order valence-corrected chi connectivity index (χ1v) is 7.27. The van der Waals surface area contributed by atoms with Crippen molar-refractivity contribution in [1.29, 1.82) is 0 Å². The molecule has 1 aromatic carbocycles. The summed E-state index contributed by atoms with van der Waals surface area (Å²) >= 11 is 0. The Morgan fingerprint density at radius 3 is 2.43 bits per heavy atom. The van der Waals surface area contributed by atoms with Crippen molar-refractivity contribution >= 4 is 5.78 Å². The summed E-state index contributed by atoms with van der Waals surface area (Å²) in [6, 6.07) is 7.43. The van der Waals surface area contributed by atoms with Gasteiger partial charge in [0, 0.05) is 13.5 Å². The second-order valence-corrected chi connectivity index (χ2v) is 4.93. The highest BCUT2D eigenvalue weighted by Gasteiger charge is 2.42. The number of Topliss-reactive ketones (excluding diaryl/α,β-unsaturated/α-hetero) is 1. The third-order valence-electron chi connectivity index (χ3n) is 3.23. The van der Waals surface area contributed by atoms with Crippen LogP contribution in [0.4, 0.5) is 0 Å². The Labute approximate surface area is 125 Å². The normalized spacial score (nSPS) is 21.0. The van der Waals surface area contributed by atoms with Gasteiger partial charge in [0.2, 0.25) is 0 Å². The minimum Gasteiger partial charge on any atom is -0.494 e. The zero-order valence-corrected chi connectivity index (χ0v) is 12.5. The Balaban J connectivity index is 1.82. The smallest absolute Gasteiger partial charge is 0.169 e. The molecule has 1 aromatic rings. The van der Waals surface area contributed by atoms with Crippen molar-refractivity contribution in [2.45, 2.75) is 32.0 Å². The molecule has 1 aliphatic carbocycles. The van der Waals surface area contributed by atoms with E-state index in [0.717, 1.165) is 17.9 Å². The highest BCUT2D eigenvalue weighted by atomic mass is 16.6. The maximum absolute atomic E-state index is 11.5. The van der Waals surface area contributed by atoms with E-state index in [1.807, 2.05) is 24.3 Å². The molecule has 21 heavy (non-hydrogen) atoms. The maximum Gasteiger partial charge on any atom is 0.169 e. The van der Waals surface area contributed by atoms with Gasteiger partial charge in [0.25, 0.3) is 0 Å². The first-order valence-electron chi connectivity index (χ1n) is 7.27. The van der Waals surface area contributed by atoms with Crippen LogP contribution in [-0.4, -0.2) is 44.9 Å². The number of ketones is 1. The topological polar surface area (TPSA) is 54.0 Å². The number of hydrogen-bond donors (Lipinski definition) is 0. The summed E-state index contributed by atoms with van der Waals surface area (Å²) in [7, 11) is 1.60. The van der Waals surface area contributed by atoms with Crippen LogP contribution >= 0.6 is 0 Å². The molecular weight excluding hydrogens is 272 g/mol. The van der Waals surface area contributed by atoms with E-state index in [1.165, 1.54) is 0 Å². The molecule has 0 spiro atoms. The molecule has 2 atom stereocenters. The van der Waals surface area contributed by atoms with Gasteiger partial charge in [-0.05, 0) is 30.7 Å². The van der Waals surface area contributed by atoms with E-state index in [4.69, 9.17) is 18.9 Å². The van der Waals surface area contributed by atoms with Gasteiger partial charge in [-0.15, -0.1) is 0 Å². The van der Waals surface area contributed by atoms with Gasteiger partial charge in [-0.3, -0.25) is 4.79 Å². The molecule has 0 bridgehead atoms. The highest BCUT2D eigenvalue weighted by Crippen LogP contribution is 2.27. The monoisotopic (exact) mass is 294 g/mol. The van der Waals surface area contributed by atoms with Gasteiger partial charge < -0.3 is 18.9 Å². The number of benzene rings is 1. The van der Waals surface area contributed by atoms with Gasteiger partial charge in [-0.1, -0.05) is 6.92 Å². The van der Waals surface area contributed by atoms with Crippen LogP contribution in [0.1, 0.15) is 19.8 Å². The van der Waals surface area contributed by atoms with Crippen LogP contribution in [0.15, 0.2) is 24.3 Å². The Kier molecular flexibility index (Phi) is 6.02. The van der Waals surface area contributed by atoms with Crippen molar-refractivity contribution in [3.8, 4) is 11.5 Å². The van der Waals surface area contributed by atoms with Crippen molar-refractivity contribution < 1.29 is 23.7 Å². The highest BCUT2D eigenvalue weighted by molar-refractivity contribution is 5.90. The van der Waals surface area contributed by atoms with Gasteiger partial charge in [0.05, 0.1) is 19.8 Å². The van der Waals surface area contributed by atoms with E-state index in [2.05, 4.69) is 6.92 Å². The third-order valence-corrected chi connectivity index (χ3v) is 3.23. The van der Waals surface area contributed by atoms with Crippen LogP contribution in [-0.2, 0) is 14.3 Å². The van der Waals surface area contributed by atoms with Crippen LogP contribution in [0.3, 0.4) is 0 Å². The molecule has 0 radical (unpaired) electrons. The number of methoxy groups -OCH3 is 1. The fraction of sp³-hybridized carbons (Fsp3) is 0.562. The van der Waals surface area contributed by atoms with E-state index in [9.17, 15) is 4.79 Å². The summed E-state index contributed by atoms with van der Waals surface area (Å²) in [5.41, 5.74) is 0. The van der Waals surface area contributed by atoms with Crippen molar-refractivity contribution in [3.63, 3.8) is 0 Å². The molecular formula is C16H22O5. The van der Waals surface area contributed by atoms with Crippen LogP contribution in [0.25, 0.3) is 0 Å². The second kappa shape index (κ2) is 8.00. The van der Waals surface area contributed by atoms with Crippen LogP contribution in [0.5, 0.6) is 11.5 Å². The van der Waals surface area contributed by atoms with Crippen molar-refractivity contribution in [2.75, 3.05) is 26.9 Å². The number of carbonyl (C=O) groups excluding carboxylic acids is 1. The lowest BCUT2D eigenvalue weighted by Crippen LogP contribution is -2.52. The van der Waals surface area contributed by atoms with Gasteiger partial charge in [-0.25, -0.2) is 0 Å². The summed E-state index contributed by atoms with van der Waals surface area (Å²) in [6.07, 6.45) is 0.683. The standard InChI is InChI=1S/C16H22O5/c1-3-8-19-12-4-6-13(7-5-12)21-15-11-14(17)16(15)20-10-9-18-2/h4-7,15-16H,3,8-11H2,1-2H3. The maximum atomic E-state index is 11.5. The quantitative estimate of drug-likeness (QED) is 0.654. The fourth-order valence-corrected chi connectivity index (χ4v) is 2.04. The lowest BCUT2D eigenvalue weighted by atomic mass is 9.90. The minimum atomic E-state index is -0.476. The fourth-order valence-electron chi connectivity index (χ4n) is 2.04. The van der Waals surface area contributed by atoms with E-state index in [-0.39, 0.29) is 11.9 Å². The number of carbonyl (C=O) groups is 1. The van der Waals surface area contributed by atoms with E-state index >= 15 is 0 Å². The summed E-state index contributed by atoms with van der Waals surface area (Å²) in [6.45, 7) is 3.64. The molecule has 1 saturated carbocycles. The molecule has 0 N–H and O–H groups in total. The Bertz CT molecular complexity index is 442. The van der Waals surface area contributed by atoms with Crippen LogP contribution in [0, 0.1) is 0 Å². The molecule has 0 saturated heterocycles. The van der Waals surface area contributed by atoms with Crippen molar-refractivity contribution in [3.05, 3.63) is 24.3 Å². The SMILES string of the molecule is CCCOc1ccc(OC2CC(=O)C2OCCOC)cc1. The summed E-state index contributed by atoms with van der Waals surface area (Å²) in [4.78, 5) is 11.5. The largest absolute Gasteiger partial charge is 0.494 e. The van der Waals surface area contributed by atoms with Crippen LogP contribution in [0.2, 0.25) is 0 Å². The summed E-state index contributed by atoms with van der Waals surface area (Å²) in [5, 5.41) is 0. The van der Waals surface area contributed by atoms with Crippen molar-refractivity contribution in [2.24, 2.45) is 0 Å². The molecule has 5 heteroatoms. The molecule has 1 aliphatic rings. The summed E-state index contributed by atoms with van der Waals surface area (Å²) < 4.78 is 21.7. The van der Waals surface area contributed by atoms with E-state index in [1.54, 1.807) is 7.11 Å². The van der Waals surface area contributed by atoms with Crippen LogP contribution < -0.4 is 9.47 Å². The van der Waals surface area contributed by atoms with Gasteiger partial charge in [0.1, 0.15) is 17.6 Å². The number of hydrogen-bond acceptors (Lipinski definition) is 5. The second-order valence-electron chi connectivity index (χ2n) is 4.93. The molecule has 0 amide bonds. The predicted octanol–water partition coefficient (Wildman–Crippen LogP) is 2.23. The zero-order valence-electron chi connectivity index (χ0n) is 12.5. The van der Waals surface area contributed by atoms with Crippen molar-refractivity contribution in [1.82, 2.24) is 0 Å². The minimum absolute atomic E-state index is 0.0824. The Morgan fingerprint density at radius 2 is 1.81 bits per heavy atom. The van der Waals surface area contributed by atoms with Gasteiger partial charge in [0.15, 0.2) is 11.9 Å². The number of ether oxygens (including phenoxy) is 4. The molecule has 0 heterocycles. The molecule has 2 unspecified atom stereocenters. The summed E-state index contributed by atoms with van der Waals surface area (Å²) in [5.74, 6) is 1.62.